The van der Waals surface area contributed by atoms with E-state index in [4.69, 9.17) is 0 Å². The number of hydrogen-bond acceptors (Lipinski definition) is 2. The quantitative estimate of drug-likeness (QED) is 0.791. The van der Waals surface area contributed by atoms with E-state index in [1.807, 2.05) is 0 Å². The van der Waals surface area contributed by atoms with Crippen LogP contribution in [0.1, 0.15) is 41.6 Å². The molecular formula is C22H30N2. The topological polar surface area (TPSA) is 6.48 Å². The van der Waals surface area contributed by atoms with Gasteiger partial charge in [0.25, 0.3) is 0 Å². The van der Waals surface area contributed by atoms with Gasteiger partial charge in [-0.2, -0.15) is 0 Å². The zero-order chi connectivity index (χ0) is 17.1. The van der Waals surface area contributed by atoms with Gasteiger partial charge < -0.3 is 4.90 Å². The number of nitrogens with zero attached hydrogens (tertiary/aromatic N) is 2. The molecule has 1 heterocycles. The highest BCUT2D eigenvalue weighted by Crippen LogP contribution is 2.33. The van der Waals surface area contributed by atoms with Crippen molar-refractivity contribution in [1.82, 2.24) is 4.90 Å². The Labute approximate surface area is 147 Å². The maximum atomic E-state index is 2.62. The molecule has 24 heavy (non-hydrogen) atoms. The van der Waals surface area contributed by atoms with Crippen molar-refractivity contribution < 1.29 is 0 Å². The molecule has 2 aromatic carbocycles. The highest BCUT2D eigenvalue weighted by Gasteiger charge is 2.28. The summed E-state index contributed by atoms with van der Waals surface area (Å²) in [6, 6.07) is 16.4. The third-order valence-electron chi connectivity index (χ3n) is 5.13. The fourth-order valence-electron chi connectivity index (χ4n) is 3.85. The molecule has 0 aromatic heterocycles. The minimum absolute atomic E-state index is 0.437. The smallest absolute Gasteiger partial charge is 0.0670 e. The molecule has 1 unspecified atom stereocenters. The van der Waals surface area contributed by atoms with Crippen molar-refractivity contribution >= 4 is 5.69 Å². The van der Waals surface area contributed by atoms with Gasteiger partial charge in [-0.05, 0) is 50.9 Å². The summed E-state index contributed by atoms with van der Waals surface area (Å²) >= 11 is 0. The van der Waals surface area contributed by atoms with E-state index in [9.17, 15) is 0 Å². The van der Waals surface area contributed by atoms with E-state index in [0.717, 1.165) is 19.6 Å². The minimum atomic E-state index is 0.437. The Morgan fingerprint density at radius 1 is 0.917 bits per heavy atom. The second kappa shape index (κ2) is 7.40. The molecule has 128 valence electrons. The van der Waals surface area contributed by atoms with Crippen molar-refractivity contribution in [2.24, 2.45) is 0 Å². The van der Waals surface area contributed by atoms with E-state index in [0.29, 0.717) is 6.04 Å². The predicted octanol–water partition coefficient (Wildman–Crippen LogP) is 4.89. The fraction of sp³-hybridized carbons (Fsp3) is 0.455. The zero-order valence-corrected chi connectivity index (χ0v) is 15.5. The van der Waals surface area contributed by atoms with Crippen molar-refractivity contribution in [3.05, 3.63) is 64.7 Å². The third kappa shape index (κ3) is 3.64. The molecule has 0 radical (unpaired) electrons. The lowest BCUT2D eigenvalue weighted by Crippen LogP contribution is -2.48. The first kappa shape index (κ1) is 17.0. The normalized spacial score (nSPS) is 18.8. The van der Waals surface area contributed by atoms with Crippen LogP contribution in [0.2, 0.25) is 0 Å². The second-order valence-electron chi connectivity index (χ2n) is 7.21. The molecule has 1 aliphatic rings. The molecule has 1 saturated heterocycles. The Hall–Kier alpha value is -1.80. The molecule has 2 heteroatoms. The SMILES string of the molecule is CCCN1CCN(c2ccc(C)cc2C)C(c2ccc(C)cc2)C1. The standard InChI is InChI=1S/C22H30N2/c1-5-12-23-13-14-24(21-11-8-18(3)15-19(21)4)22(16-23)20-9-6-17(2)7-10-20/h6-11,15,22H,5,12-14,16H2,1-4H3. The van der Waals surface area contributed by atoms with Crippen LogP contribution in [0.15, 0.2) is 42.5 Å². The summed E-state index contributed by atoms with van der Waals surface area (Å²) in [6.07, 6.45) is 1.23. The Balaban J connectivity index is 1.94. The molecule has 0 aliphatic carbocycles. The summed E-state index contributed by atoms with van der Waals surface area (Å²) < 4.78 is 0. The van der Waals surface area contributed by atoms with Gasteiger partial charge in [0, 0.05) is 25.3 Å². The highest BCUT2D eigenvalue weighted by molar-refractivity contribution is 5.56. The largest absolute Gasteiger partial charge is 0.362 e. The third-order valence-corrected chi connectivity index (χ3v) is 5.13. The number of piperazine rings is 1. The number of anilines is 1. The molecule has 2 nitrogen and oxygen atoms in total. The van der Waals surface area contributed by atoms with E-state index in [-0.39, 0.29) is 0 Å². The molecule has 1 atom stereocenters. The number of aryl methyl sites for hydroxylation is 3. The molecule has 0 saturated carbocycles. The van der Waals surface area contributed by atoms with Crippen molar-refractivity contribution in [3.63, 3.8) is 0 Å². The summed E-state index contributed by atoms with van der Waals surface area (Å²) in [5.74, 6) is 0. The van der Waals surface area contributed by atoms with Gasteiger partial charge in [0.1, 0.15) is 0 Å². The summed E-state index contributed by atoms with van der Waals surface area (Å²) in [5, 5.41) is 0. The summed E-state index contributed by atoms with van der Waals surface area (Å²) in [7, 11) is 0. The van der Waals surface area contributed by atoms with Gasteiger partial charge in [-0.3, -0.25) is 4.90 Å². The summed E-state index contributed by atoms with van der Waals surface area (Å²) in [5.41, 5.74) is 6.88. The molecule has 0 amide bonds. The van der Waals surface area contributed by atoms with Gasteiger partial charge in [0.2, 0.25) is 0 Å². The Bertz CT molecular complexity index is 675. The maximum Gasteiger partial charge on any atom is 0.0670 e. The van der Waals surface area contributed by atoms with Crippen molar-refractivity contribution in [3.8, 4) is 0 Å². The molecule has 0 N–H and O–H groups in total. The van der Waals surface area contributed by atoms with E-state index in [1.165, 1.54) is 40.9 Å². The molecular weight excluding hydrogens is 292 g/mol. The van der Waals surface area contributed by atoms with Crippen molar-refractivity contribution in [2.45, 2.75) is 40.2 Å². The lowest BCUT2D eigenvalue weighted by Gasteiger charge is -2.43. The first-order valence-corrected chi connectivity index (χ1v) is 9.21. The van der Waals surface area contributed by atoms with Crippen LogP contribution in [-0.2, 0) is 0 Å². The maximum absolute atomic E-state index is 2.62. The molecule has 2 aromatic rings. The van der Waals surface area contributed by atoms with E-state index >= 15 is 0 Å². The zero-order valence-electron chi connectivity index (χ0n) is 15.5. The van der Waals surface area contributed by atoms with Gasteiger partial charge in [-0.15, -0.1) is 0 Å². The van der Waals surface area contributed by atoms with E-state index in [1.54, 1.807) is 0 Å². The predicted molar refractivity (Wildman–Crippen MR) is 104 cm³/mol. The fourth-order valence-corrected chi connectivity index (χ4v) is 3.85. The van der Waals surface area contributed by atoms with Gasteiger partial charge in [-0.1, -0.05) is 54.4 Å². The Kier molecular flexibility index (Phi) is 5.25. The summed E-state index contributed by atoms with van der Waals surface area (Å²) in [6.45, 7) is 13.4. The lowest BCUT2D eigenvalue weighted by atomic mass is 9.98. The van der Waals surface area contributed by atoms with Crippen LogP contribution in [0.25, 0.3) is 0 Å². The van der Waals surface area contributed by atoms with Crippen molar-refractivity contribution in [2.75, 3.05) is 31.1 Å². The monoisotopic (exact) mass is 322 g/mol. The lowest BCUT2D eigenvalue weighted by molar-refractivity contribution is 0.224. The van der Waals surface area contributed by atoms with Gasteiger partial charge in [0.15, 0.2) is 0 Å². The molecule has 0 bridgehead atoms. The van der Waals surface area contributed by atoms with Crippen LogP contribution >= 0.6 is 0 Å². The number of rotatable bonds is 4. The Morgan fingerprint density at radius 3 is 2.29 bits per heavy atom. The van der Waals surface area contributed by atoms with Gasteiger partial charge in [0.05, 0.1) is 6.04 Å². The number of benzene rings is 2. The van der Waals surface area contributed by atoms with Crippen LogP contribution in [0.5, 0.6) is 0 Å². The van der Waals surface area contributed by atoms with Crippen LogP contribution in [-0.4, -0.2) is 31.1 Å². The highest BCUT2D eigenvalue weighted by atomic mass is 15.3. The van der Waals surface area contributed by atoms with Gasteiger partial charge >= 0.3 is 0 Å². The number of hydrogen-bond donors (Lipinski definition) is 0. The average Bonchev–Trinajstić information content (AvgIpc) is 2.56. The Morgan fingerprint density at radius 2 is 1.62 bits per heavy atom. The molecule has 0 spiro atoms. The van der Waals surface area contributed by atoms with E-state index in [2.05, 4.69) is 80.0 Å². The molecule has 3 rings (SSSR count). The van der Waals surface area contributed by atoms with Crippen LogP contribution in [0.3, 0.4) is 0 Å². The first-order chi connectivity index (χ1) is 11.6. The first-order valence-electron chi connectivity index (χ1n) is 9.21. The van der Waals surface area contributed by atoms with Crippen LogP contribution in [0.4, 0.5) is 5.69 Å². The second-order valence-corrected chi connectivity index (χ2v) is 7.21. The molecule has 1 aliphatic heterocycles. The minimum Gasteiger partial charge on any atom is -0.362 e. The van der Waals surface area contributed by atoms with Gasteiger partial charge in [-0.25, -0.2) is 0 Å². The average molecular weight is 322 g/mol. The van der Waals surface area contributed by atoms with E-state index < -0.39 is 0 Å². The van der Waals surface area contributed by atoms with Crippen LogP contribution in [0, 0.1) is 20.8 Å². The van der Waals surface area contributed by atoms with Crippen LogP contribution < -0.4 is 4.90 Å². The van der Waals surface area contributed by atoms with Crippen molar-refractivity contribution in [1.29, 1.82) is 0 Å². The summed E-state index contributed by atoms with van der Waals surface area (Å²) in [4.78, 5) is 5.23. The molecule has 1 fully saturated rings.